The van der Waals surface area contributed by atoms with Crippen molar-refractivity contribution in [1.82, 2.24) is 9.97 Å². The maximum Gasteiger partial charge on any atom is 0.212 e. The summed E-state index contributed by atoms with van der Waals surface area (Å²) in [7, 11) is 0. The Kier molecular flexibility index (Phi) is 3.06. The maximum absolute atomic E-state index is 12.7. The van der Waals surface area contributed by atoms with E-state index in [9.17, 15) is 4.39 Å². The fourth-order valence-electron chi connectivity index (χ4n) is 1.99. The summed E-state index contributed by atoms with van der Waals surface area (Å²) in [5.41, 5.74) is 2.91. The third-order valence-corrected chi connectivity index (χ3v) is 2.95. The molecule has 3 rings (SSSR count). The third kappa shape index (κ3) is 2.52. The molecule has 1 aromatic carbocycles. The van der Waals surface area contributed by atoms with Gasteiger partial charge in [-0.25, -0.2) is 4.98 Å². The summed E-state index contributed by atoms with van der Waals surface area (Å²) in [6.07, 6.45) is 3.28. The van der Waals surface area contributed by atoms with Gasteiger partial charge in [-0.05, 0) is 29.8 Å². The van der Waals surface area contributed by atoms with Crippen molar-refractivity contribution >= 4 is 16.6 Å². The Balaban J connectivity index is 1.84. The molecule has 0 saturated heterocycles. The molecule has 94 valence electrons. The van der Waals surface area contributed by atoms with Crippen molar-refractivity contribution in [2.75, 3.05) is 5.32 Å². The first-order valence-electron chi connectivity index (χ1n) is 6.01. The Labute approximate surface area is 110 Å². The molecule has 0 saturated carbocycles. The van der Waals surface area contributed by atoms with E-state index in [1.54, 1.807) is 12.3 Å². The third-order valence-electron chi connectivity index (χ3n) is 2.95. The summed E-state index contributed by atoms with van der Waals surface area (Å²) < 4.78 is 12.7. The summed E-state index contributed by atoms with van der Waals surface area (Å²) in [6.45, 7) is 0.649. The monoisotopic (exact) mass is 253 g/mol. The molecule has 0 bridgehead atoms. The van der Waals surface area contributed by atoms with Gasteiger partial charge in [0.05, 0.1) is 17.4 Å². The highest BCUT2D eigenvalue weighted by atomic mass is 19.1. The highest BCUT2D eigenvalue weighted by molar-refractivity contribution is 5.82. The Morgan fingerprint density at radius 1 is 1.00 bits per heavy atom. The topological polar surface area (TPSA) is 37.8 Å². The number of hydrogen-bond donors (Lipinski definition) is 1. The van der Waals surface area contributed by atoms with Gasteiger partial charge in [0, 0.05) is 18.1 Å². The Hall–Kier alpha value is -2.49. The minimum Gasteiger partial charge on any atom is -0.380 e. The van der Waals surface area contributed by atoms with Crippen LogP contribution in [0.3, 0.4) is 0 Å². The van der Waals surface area contributed by atoms with E-state index in [1.807, 2.05) is 30.3 Å². The van der Waals surface area contributed by atoms with Gasteiger partial charge < -0.3 is 5.32 Å². The van der Waals surface area contributed by atoms with Crippen molar-refractivity contribution in [3.63, 3.8) is 0 Å². The van der Waals surface area contributed by atoms with Crippen LogP contribution in [-0.2, 0) is 6.54 Å². The van der Waals surface area contributed by atoms with E-state index < -0.39 is 5.95 Å². The highest BCUT2D eigenvalue weighted by Crippen LogP contribution is 2.17. The molecule has 3 aromatic rings. The average molecular weight is 253 g/mol. The van der Waals surface area contributed by atoms with Gasteiger partial charge >= 0.3 is 0 Å². The normalized spacial score (nSPS) is 10.6. The SMILES string of the molecule is Fc1ccc(NCc2ccnc3ccccc23)cn1. The van der Waals surface area contributed by atoms with Gasteiger partial charge in [-0.1, -0.05) is 18.2 Å². The molecule has 2 heterocycles. The van der Waals surface area contributed by atoms with E-state index in [0.29, 0.717) is 6.54 Å². The van der Waals surface area contributed by atoms with Crippen LogP contribution in [0.2, 0.25) is 0 Å². The smallest absolute Gasteiger partial charge is 0.212 e. The van der Waals surface area contributed by atoms with Crippen LogP contribution < -0.4 is 5.32 Å². The molecule has 0 radical (unpaired) electrons. The summed E-state index contributed by atoms with van der Waals surface area (Å²) >= 11 is 0. The van der Waals surface area contributed by atoms with Gasteiger partial charge in [-0.2, -0.15) is 4.39 Å². The first kappa shape index (κ1) is 11.6. The van der Waals surface area contributed by atoms with Gasteiger partial charge in [0.25, 0.3) is 0 Å². The minimum absolute atomic E-state index is 0.472. The standard InChI is InChI=1S/C15H12FN3/c16-15-6-5-12(10-19-15)18-9-11-7-8-17-14-4-2-1-3-13(11)14/h1-8,10,18H,9H2. The molecular formula is C15H12FN3. The number of pyridine rings is 2. The largest absolute Gasteiger partial charge is 0.380 e. The molecule has 0 amide bonds. The zero-order valence-electron chi connectivity index (χ0n) is 10.2. The van der Waals surface area contributed by atoms with Crippen LogP contribution in [0.15, 0.2) is 54.9 Å². The zero-order chi connectivity index (χ0) is 13.1. The number of aromatic nitrogens is 2. The second-order valence-corrected chi connectivity index (χ2v) is 4.21. The van der Waals surface area contributed by atoms with Crippen LogP contribution in [0.25, 0.3) is 10.9 Å². The van der Waals surface area contributed by atoms with E-state index in [-0.39, 0.29) is 0 Å². The zero-order valence-corrected chi connectivity index (χ0v) is 10.2. The molecule has 1 N–H and O–H groups in total. The van der Waals surface area contributed by atoms with Gasteiger partial charge in [0.15, 0.2) is 0 Å². The predicted octanol–water partition coefficient (Wildman–Crippen LogP) is 3.38. The fourth-order valence-corrected chi connectivity index (χ4v) is 1.99. The van der Waals surface area contributed by atoms with E-state index in [1.165, 1.54) is 12.3 Å². The number of fused-ring (bicyclic) bond motifs is 1. The summed E-state index contributed by atoms with van der Waals surface area (Å²) in [4.78, 5) is 7.93. The lowest BCUT2D eigenvalue weighted by atomic mass is 10.1. The van der Waals surface area contributed by atoms with E-state index >= 15 is 0 Å². The van der Waals surface area contributed by atoms with E-state index in [0.717, 1.165) is 22.2 Å². The number of para-hydroxylation sites is 1. The number of benzene rings is 1. The number of nitrogens with one attached hydrogen (secondary N) is 1. The van der Waals surface area contributed by atoms with Gasteiger partial charge in [-0.3, -0.25) is 4.98 Å². The molecule has 3 nitrogen and oxygen atoms in total. The van der Waals surface area contributed by atoms with Gasteiger partial charge in [0.1, 0.15) is 0 Å². The number of anilines is 1. The van der Waals surface area contributed by atoms with E-state index in [4.69, 9.17) is 0 Å². The van der Waals surface area contributed by atoms with Crippen molar-refractivity contribution in [3.8, 4) is 0 Å². The molecule has 0 fully saturated rings. The van der Waals surface area contributed by atoms with Crippen LogP contribution in [0, 0.1) is 5.95 Å². The average Bonchev–Trinajstić information content (AvgIpc) is 2.47. The highest BCUT2D eigenvalue weighted by Gasteiger charge is 2.01. The number of rotatable bonds is 3. The molecule has 0 aliphatic rings. The maximum atomic E-state index is 12.7. The van der Waals surface area contributed by atoms with Crippen molar-refractivity contribution in [2.45, 2.75) is 6.54 Å². The van der Waals surface area contributed by atoms with Crippen molar-refractivity contribution < 1.29 is 4.39 Å². The van der Waals surface area contributed by atoms with Crippen LogP contribution >= 0.6 is 0 Å². The lowest BCUT2D eigenvalue weighted by Gasteiger charge is -2.08. The quantitative estimate of drug-likeness (QED) is 0.727. The molecule has 2 aromatic heterocycles. The molecule has 0 unspecified atom stereocenters. The number of halogens is 1. The molecule has 0 atom stereocenters. The molecular weight excluding hydrogens is 241 g/mol. The Bertz CT molecular complexity index is 690. The second-order valence-electron chi connectivity index (χ2n) is 4.21. The molecule has 19 heavy (non-hydrogen) atoms. The van der Waals surface area contributed by atoms with Crippen molar-refractivity contribution in [1.29, 1.82) is 0 Å². The molecule has 0 spiro atoms. The summed E-state index contributed by atoms with van der Waals surface area (Å²) in [5.74, 6) is -0.472. The van der Waals surface area contributed by atoms with Crippen LogP contribution in [-0.4, -0.2) is 9.97 Å². The van der Waals surface area contributed by atoms with E-state index in [2.05, 4.69) is 15.3 Å². The predicted molar refractivity (Wildman–Crippen MR) is 73.3 cm³/mol. The Morgan fingerprint density at radius 3 is 2.74 bits per heavy atom. The lowest BCUT2D eigenvalue weighted by molar-refractivity contribution is 0.584. The lowest BCUT2D eigenvalue weighted by Crippen LogP contribution is -2.01. The Morgan fingerprint density at radius 2 is 1.89 bits per heavy atom. The first-order valence-corrected chi connectivity index (χ1v) is 6.01. The number of nitrogens with zero attached hydrogens (tertiary/aromatic N) is 2. The second kappa shape index (κ2) is 5.02. The minimum atomic E-state index is -0.472. The van der Waals surface area contributed by atoms with Crippen molar-refractivity contribution in [3.05, 3.63) is 66.4 Å². The molecule has 0 aliphatic heterocycles. The summed E-state index contributed by atoms with van der Waals surface area (Å²) in [6, 6.07) is 13.0. The fraction of sp³-hybridized carbons (Fsp3) is 0.0667. The number of hydrogen-bond acceptors (Lipinski definition) is 3. The van der Waals surface area contributed by atoms with Crippen LogP contribution in [0.4, 0.5) is 10.1 Å². The van der Waals surface area contributed by atoms with Crippen LogP contribution in [0.5, 0.6) is 0 Å². The summed E-state index contributed by atoms with van der Waals surface area (Å²) in [5, 5.41) is 4.34. The van der Waals surface area contributed by atoms with Gasteiger partial charge in [0.2, 0.25) is 5.95 Å². The van der Waals surface area contributed by atoms with Gasteiger partial charge in [-0.15, -0.1) is 0 Å². The van der Waals surface area contributed by atoms with Crippen LogP contribution in [0.1, 0.15) is 5.56 Å². The molecule has 0 aliphatic carbocycles. The first-order chi connectivity index (χ1) is 9.33. The van der Waals surface area contributed by atoms with Crippen molar-refractivity contribution in [2.24, 2.45) is 0 Å². The molecule has 4 heteroatoms.